The molecule has 0 saturated heterocycles. The standard InChI is InChI=1S/C13H14BrClN2/c1-2-9(15)8-17-13-11-4-3-5-12(14)10(11)6-7-16-13/h3-7,9H,2,8H2,1H3,(H,16,17). The molecule has 0 aliphatic rings. The van der Waals surface area contributed by atoms with E-state index in [1.807, 2.05) is 24.4 Å². The van der Waals surface area contributed by atoms with E-state index in [0.29, 0.717) is 0 Å². The average Bonchev–Trinajstić information content (AvgIpc) is 2.36. The maximum atomic E-state index is 6.10. The fourth-order valence-electron chi connectivity index (χ4n) is 1.66. The van der Waals surface area contributed by atoms with Crippen LogP contribution in [0.15, 0.2) is 34.9 Å². The van der Waals surface area contributed by atoms with E-state index in [1.54, 1.807) is 0 Å². The average molecular weight is 314 g/mol. The van der Waals surface area contributed by atoms with Gasteiger partial charge in [0.2, 0.25) is 0 Å². The van der Waals surface area contributed by atoms with Gasteiger partial charge in [0.1, 0.15) is 5.82 Å². The lowest BCUT2D eigenvalue weighted by Crippen LogP contribution is -2.14. The molecule has 17 heavy (non-hydrogen) atoms. The van der Waals surface area contributed by atoms with Gasteiger partial charge in [0.15, 0.2) is 0 Å². The number of benzene rings is 1. The lowest BCUT2D eigenvalue weighted by molar-refractivity contribution is 0.841. The summed E-state index contributed by atoms with van der Waals surface area (Å²) in [5.74, 6) is 0.892. The van der Waals surface area contributed by atoms with E-state index in [4.69, 9.17) is 11.6 Å². The zero-order valence-electron chi connectivity index (χ0n) is 9.58. The first-order valence-electron chi connectivity index (χ1n) is 5.63. The second-order valence-electron chi connectivity index (χ2n) is 3.88. The Morgan fingerprint density at radius 1 is 1.35 bits per heavy atom. The summed E-state index contributed by atoms with van der Waals surface area (Å²) in [5.41, 5.74) is 0. The van der Waals surface area contributed by atoms with Gasteiger partial charge in [0, 0.05) is 28.0 Å². The number of nitrogens with one attached hydrogen (secondary N) is 1. The van der Waals surface area contributed by atoms with Crippen molar-refractivity contribution in [3.8, 4) is 0 Å². The van der Waals surface area contributed by atoms with E-state index in [-0.39, 0.29) is 5.38 Å². The van der Waals surface area contributed by atoms with Crippen LogP contribution in [0.25, 0.3) is 10.8 Å². The SMILES string of the molecule is CCC(Cl)CNc1nccc2c(Br)cccc12. The molecule has 1 aromatic heterocycles. The molecule has 1 heterocycles. The molecule has 0 fully saturated rings. The Morgan fingerprint density at radius 2 is 2.18 bits per heavy atom. The molecule has 2 nitrogen and oxygen atoms in total. The highest BCUT2D eigenvalue weighted by atomic mass is 79.9. The van der Waals surface area contributed by atoms with Crippen molar-refractivity contribution in [2.45, 2.75) is 18.7 Å². The van der Waals surface area contributed by atoms with E-state index in [0.717, 1.165) is 34.0 Å². The van der Waals surface area contributed by atoms with Crippen molar-refractivity contribution in [1.82, 2.24) is 4.98 Å². The summed E-state index contributed by atoms with van der Waals surface area (Å²) >= 11 is 9.64. The smallest absolute Gasteiger partial charge is 0.133 e. The van der Waals surface area contributed by atoms with E-state index < -0.39 is 0 Å². The molecule has 90 valence electrons. The van der Waals surface area contributed by atoms with Gasteiger partial charge < -0.3 is 5.32 Å². The predicted molar refractivity (Wildman–Crippen MR) is 77.9 cm³/mol. The fraction of sp³-hybridized carbons (Fsp3) is 0.308. The van der Waals surface area contributed by atoms with E-state index >= 15 is 0 Å². The molecule has 1 atom stereocenters. The highest BCUT2D eigenvalue weighted by molar-refractivity contribution is 9.10. The van der Waals surface area contributed by atoms with Crippen molar-refractivity contribution in [2.24, 2.45) is 0 Å². The highest BCUT2D eigenvalue weighted by Gasteiger charge is 2.06. The molecule has 2 rings (SSSR count). The predicted octanol–water partition coefficient (Wildman–Crippen LogP) is 4.43. The van der Waals surface area contributed by atoms with Crippen LogP contribution in [-0.2, 0) is 0 Å². The van der Waals surface area contributed by atoms with E-state index in [2.05, 4.69) is 39.2 Å². The van der Waals surface area contributed by atoms with Crippen molar-refractivity contribution in [3.05, 3.63) is 34.9 Å². The molecule has 0 bridgehead atoms. The fourth-order valence-corrected chi connectivity index (χ4v) is 2.24. The van der Waals surface area contributed by atoms with Crippen molar-refractivity contribution in [1.29, 1.82) is 0 Å². The maximum Gasteiger partial charge on any atom is 0.133 e. The summed E-state index contributed by atoms with van der Waals surface area (Å²) in [6.07, 6.45) is 2.76. The molecule has 0 saturated carbocycles. The van der Waals surface area contributed by atoms with Crippen LogP contribution in [-0.4, -0.2) is 16.9 Å². The molecule has 0 radical (unpaired) electrons. The zero-order chi connectivity index (χ0) is 12.3. The van der Waals surface area contributed by atoms with Crippen LogP contribution in [0.1, 0.15) is 13.3 Å². The minimum absolute atomic E-state index is 0.138. The van der Waals surface area contributed by atoms with E-state index in [9.17, 15) is 0 Å². The molecule has 4 heteroatoms. The number of nitrogens with zero attached hydrogens (tertiary/aromatic N) is 1. The highest BCUT2D eigenvalue weighted by Crippen LogP contribution is 2.27. The Hall–Kier alpha value is -0.800. The van der Waals surface area contributed by atoms with Gasteiger partial charge >= 0.3 is 0 Å². The summed E-state index contributed by atoms with van der Waals surface area (Å²) in [7, 11) is 0. The van der Waals surface area contributed by atoms with Crippen LogP contribution in [0.3, 0.4) is 0 Å². The summed E-state index contributed by atoms with van der Waals surface area (Å²) in [5, 5.41) is 5.71. The van der Waals surface area contributed by atoms with Crippen molar-refractivity contribution < 1.29 is 0 Å². The molecule has 1 aromatic carbocycles. The van der Waals surface area contributed by atoms with E-state index in [1.165, 1.54) is 0 Å². The number of pyridine rings is 1. The third kappa shape index (κ3) is 2.90. The minimum atomic E-state index is 0.138. The van der Waals surface area contributed by atoms with Gasteiger partial charge in [-0.25, -0.2) is 4.98 Å². The Morgan fingerprint density at radius 3 is 2.94 bits per heavy atom. The first-order valence-corrected chi connectivity index (χ1v) is 6.86. The number of hydrogen-bond acceptors (Lipinski definition) is 2. The Balaban J connectivity index is 2.31. The van der Waals surface area contributed by atoms with Gasteiger partial charge in [0.25, 0.3) is 0 Å². The van der Waals surface area contributed by atoms with Gasteiger partial charge in [-0.15, -0.1) is 11.6 Å². The lowest BCUT2D eigenvalue weighted by atomic mass is 10.1. The van der Waals surface area contributed by atoms with Gasteiger partial charge in [-0.2, -0.15) is 0 Å². The summed E-state index contributed by atoms with van der Waals surface area (Å²) < 4.78 is 1.08. The number of halogens is 2. The van der Waals surface area contributed by atoms with Gasteiger partial charge in [0.05, 0.1) is 5.38 Å². The molecule has 0 aliphatic heterocycles. The third-order valence-corrected chi connectivity index (χ3v) is 3.84. The Labute approximate surface area is 115 Å². The van der Waals surface area contributed by atoms with Crippen LogP contribution in [0.4, 0.5) is 5.82 Å². The summed E-state index contributed by atoms with van der Waals surface area (Å²) in [6, 6.07) is 8.10. The van der Waals surface area contributed by atoms with Crippen LogP contribution in [0.2, 0.25) is 0 Å². The monoisotopic (exact) mass is 312 g/mol. The van der Waals surface area contributed by atoms with Gasteiger partial charge in [-0.3, -0.25) is 0 Å². The molecule has 1 N–H and O–H groups in total. The summed E-state index contributed by atoms with van der Waals surface area (Å²) in [6.45, 7) is 2.81. The number of alkyl halides is 1. The van der Waals surface area contributed by atoms with Crippen molar-refractivity contribution in [3.63, 3.8) is 0 Å². The number of aromatic nitrogens is 1. The molecule has 1 unspecified atom stereocenters. The molecular weight excluding hydrogens is 300 g/mol. The van der Waals surface area contributed by atoms with Gasteiger partial charge in [-0.1, -0.05) is 35.0 Å². The minimum Gasteiger partial charge on any atom is -0.368 e. The number of anilines is 1. The number of hydrogen-bond donors (Lipinski definition) is 1. The lowest BCUT2D eigenvalue weighted by Gasteiger charge is -2.11. The quantitative estimate of drug-likeness (QED) is 0.845. The third-order valence-electron chi connectivity index (χ3n) is 2.69. The molecule has 0 aliphatic carbocycles. The largest absolute Gasteiger partial charge is 0.368 e. The molecule has 2 aromatic rings. The molecule has 0 amide bonds. The Bertz CT molecular complexity index is 516. The van der Waals surface area contributed by atoms with Crippen molar-refractivity contribution >= 4 is 44.1 Å². The summed E-state index contributed by atoms with van der Waals surface area (Å²) in [4.78, 5) is 4.36. The second kappa shape index (κ2) is 5.69. The van der Waals surface area contributed by atoms with Crippen LogP contribution in [0.5, 0.6) is 0 Å². The normalized spacial score (nSPS) is 12.6. The van der Waals surface area contributed by atoms with Gasteiger partial charge in [-0.05, 0) is 18.6 Å². The van der Waals surface area contributed by atoms with Crippen LogP contribution < -0.4 is 5.32 Å². The first-order chi connectivity index (χ1) is 8.22. The van der Waals surface area contributed by atoms with Crippen LogP contribution in [0, 0.1) is 0 Å². The number of fused-ring (bicyclic) bond motifs is 1. The van der Waals surface area contributed by atoms with Crippen molar-refractivity contribution in [2.75, 3.05) is 11.9 Å². The van der Waals surface area contributed by atoms with Crippen LogP contribution >= 0.6 is 27.5 Å². The first kappa shape index (κ1) is 12.7. The number of rotatable bonds is 4. The maximum absolute atomic E-state index is 6.10. The zero-order valence-corrected chi connectivity index (χ0v) is 11.9. The molecular formula is C13H14BrClN2. The Kier molecular flexibility index (Phi) is 4.24. The molecule has 0 spiro atoms. The second-order valence-corrected chi connectivity index (χ2v) is 5.35. The topological polar surface area (TPSA) is 24.9 Å².